The number of methoxy groups -OCH3 is 1. The molecule has 0 radical (unpaired) electrons. The quantitative estimate of drug-likeness (QED) is 0.357. The van der Waals surface area contributed by atoms with Crippen LogP contribution >= 0.6 is 11.6 Å². The second-order valence-corrected chi connectivity index (χ2v) is 1.72. The highest BCUT2D eigenvalue weighted by Gasteiger charge is 1.87. The van der Waals surface area contributed by atoms with Gasteiger partial charge in [-0.2, -0.15) is 0 Å². The Labute approximate surface area is 65.3 Å². The molecule has 0 aliphatic heterocycles. The third-order valence-electron chi connectivity index (χ3n) is 0.532. The first-order chi connectivity index (χ1) is 4.68. The molecular formula is C6H11ClO3. The molecule has 0 atom stereocenters. The molecule has 0 aromatic heterocycles. The van der Waals surface area contributed by atoms with Crippen molar-refractivity contribution < 1.29 is 14.3 Å². The van der Waals surface area contributed by atoms with Crippen LogP contribution in [0.2, 0.25) is 0 Å². The van der Waals surface area contributed by atoms with Crippen LogP contribution in [0.1, 0.15) is 13.3 Å². The Morgan fingerprint density at radius 2 is 2.10 bits per heavy atom. The summed E-state index contributed by atoms with van der Waals surface area (Å²) in [6.45, 7) is 2.78. The topological polar surface area (TPSA) is 43.4 Å². The largest absolute Gasteiger partial charge is 0.385 e. The van der Waals surface area contributed by atoms with Crippen molar-refractivity contribution in [1.82, 2.24) is 0 Å². The Morgan fingerprint density at radius 1 is 1.70 bits per heavy atom. The minimum Gasteiger partial charge on any atom is -0.385 e. The molecule has 0 aliphatic carbocycles. The summed E-state index contributed by atoms with van der Waals surface area (Å²) < 4.78 is 4.54. The fraction of sp³-hybridized carbons (Fsp3) is 0.667. The summed E-state index contributed by atoms with van der Waals surface area (Å²) in [5.41, 5.74) is 0. The van der Waals surface area contributed by atoms with E-state index in [1.165, 1.54) is 0 Å². The number of rotatable bonds is 3. The van der Waals surface area contributed by atoms with Crippen LogP contribution in [0.3, 0.4) is 0 Å². The van der Waals surface area contributed by atoms with Gasteiger partial charge in [0.15, 0.2) is 0 Å². The number of aldehydes is 1. The zero-order chi connectivity index (χ0) is 8.41. The Kier molecular flexibility index (Phi) is 14.0. The maximum Gasteiger partial charge on any atom is 0.228 e. The van der Waals surface area contributed by atoms with Crippen molar-refractivity contribution in [1.29, 1.82) is 0 Å². The van der Waals surface area contributed by atoms with Crippen LogP contribution in [-0.4, -0.2) is 25.2 Å². The third kappa shape index (κ3) is 25.6. The van der Waals surface area contributed by atoms with Crippen molar-refractivity contribution in [3.63, 3.8) is 0 Å². The van der Waals surface area contributed by atoms with E-state index in [2.05, 4.69) is 4.74 Å². The van der Waals surface area contributed by atoms with E-state index in [4.69, 9.17) is 11.6 Å². The molecule has 0 spiro atoms. The summed E-state index contributed by atoms with van der Waals surface area (Å²) in [7, 11) is 1.68. The molecule has 60 valence electrons. The normalized spacial score (nSPS) is 7.50. The van der Waals surface area contributed by atoms with Crippen molar-refractivity contribution in [2.24, 2.45) is 0 Å². The minimum atomic E-state index is -0.606. The Bertz CT molecular complexity index is 91.0. The molecular weight excluding hydrogens is 156 g/mol. The predicted octanol–water partition coefficient (Wildman–Crippen LogP) is 0.994. The summed E-state index contributed by atoms with van der Waals surface area (Å²) in [5, 5.41) is -0.606. The average molecular weight is 167 g/mol. The molecule has 0 saturated heterocycles. The Balaban J connectivity index is 0. The molecule has 0 N–H and O–H groups in total. The van der Waals surface area contributed by atoms with Gasteiger partial charge >= 0.3 is 0 Å². The van der Waals surface area contributed by atoms with Gasteiger partial charge in [0.1, 0.15) is 6.29 Å². The van der Waals surface area contributed by atoms with Crippen LogP contribution in [0.4, 0.5) is 0 Å². The second-order valence-electron chi connectivity index (χ2n) is 1.30. The molecule has 0 saturated carbocycles. The summed E-state index contributed by atoms with van der Waals surface area (Å²) in [5.74, 6) is 0. The van der Waals surface area contributed by atoms with Crippen LogP contribution in [-0.2, 0) is 14.3 Å². The van der Waals surface area contributed by atoms with E-state index in [0.29, 0.717) is 6.29 Å². The highest BCUT2D eigenvalue weighted by Crippen LogP contribution is 1.80. The van der Waals surface area contributed by atoms with Gasteiger partial charge in [-0.3, -0.25) is 4.79 Å². The summed E-state index contributed by atoms with van der Waals surface area (Å²) in [4.78, 5) is 18.9. The molecule has 4 heteroatoms. The van der Waals surface area contributed by atoms with Gasteiger partial charge in [-0.05, 0) is 18.5 Å². The van der Waals surface area contributed by atoms with Gasteiger partial charge in [-0.1, -0.05) is 0 Å². The highest BCUT2D eigenvalue weighted by atomic mass is 35.5. The maximum absolute atomic E-state index is 9.58. The molecule has 0 aliphatic rings. The van der Waals surface area contributed by atoms with Crippen molar-refractivity contribution in [3.8, 4) is 0 Å². The lowest BCUT2D eigenvalue weighted by molar-refractivity contribution is -0.116. The zero-order valence-electron chi connectivity index (χ0n) is 6.09. The predicted molar refractivity (Wildman–Crippen MR) is 39.1 cm³/mol. The van der Waals surface area contributed by atoms with Crippen LogP contribution in [0.15, 0.2) is 0 Å². The highest BCUT2D eigenvalue weighted by molar-refractivity contribution is 6.64. The van der Waals surface area contributed by atoms with E-state index in [-0.39, 0.29) is 6.42 Å². The van der Waals surface area contributed by atoms with E-state index in [1.54, 1.807) is 7.11 Å². The second kappa shape index (κ2) is 11.4. The van der Waals surface area contributed by atoms with Crippen LogP contribution in [0, 0.1) is 0 Å². The van der Waals surface area contributed by atoms with E-state index in [0.717, 1.165) is 6.61 Å². The molecule has 0 amide bonds. The molecule has 10 heavy (non-hydrogen) atoms. The van der Waals surface area contributed by atoms with Gasteiger partial charge in [-0.25, -0.2) is 0 Å². The van der Waals surface area contributed by atoms with Gasteiger partial charge in [0.25, 0.3) is 0 Å². The summed E-state index contributed by atoms with van der Waals surface area (Å²) in [6, 6.07) is 0. The lowest BCUT2D eigenvalue weighted by Gasteiger charge is -1.76. The first kappa shape index (κ1) is 12.3. The molecule has 3 nitrogen and oxygen atoms in total. The number of hydrogen-bond acceptors (Lipinski definition) is 3. The number of halogens is 1. The molecule has 0 heterocycles. The van der Waals surface area contributed by atoms with Gasteiger partial charge in [-0.15, -0.1) is 0 Å². The average Bonchev–Trinajstić information content (AvgIpc) is 1.89. The smallest absolute Gasteiger partial charge is 0.228 e. The molecule has 0 unspecified atom stereocenters. The number of carbonyl (C=O) groups excluding carboxylic acids is 2. The third-order valence-corrected chi connectivity index (χ3v) is 0.687. The summed E-state index contributed by atoms with van der Waals surface area (Å²) in [6.07, 6.45) is 0.289. The van der Waals surface area contributed by atoms with Crippen molar-refractivity contribution >= 4 is 23.1 Å². The molecule has 0 bridgehead atoms. The minimum absolute atomic E-state index is 0.179. The molecule has 0 aromatic carbocycles. The van der Waals surface area contributed by atoms with Crippen LogP contribution in [0.25, 0.3) is 0 Å². The fourth-order valence-corrected chi connectivity index (χ4v) is 0.129. The van der Waals surface area contributed by atoms with E-state index < -0.39 is 5.24 Å². The monoisotopic (exact) mass is 166 g/mol. The van der Waals surface area contributed by atoms with E-state index in [9.17, 15) is 9.59 Å². The van der Waals surface area contributed by atoms with Crippen molar-refractivity contribution in [2.75, 3.05) is 13.7 Å². The standard InChI is InChI=1S/C3H3ClO2.C3H8O/c4-3(6)1-2-5;1-3-4-2/h2H,1H2;3H2,1-2H3. The SMILES string of the molecule is CCOC.O=CCC(=O)Cl. The number of hydrogen-bond donors (Lipinski definition) is 0. The first-order valence-corrected chi connectivity index (χ1v) is 3.17. The van der Waals surface area contributed by atoms with Crippen molar-refractivity contribution in [2.45, 2.75) is 13.3 Å². The number of carbonyl (C=O) groups is 2. The van der Waals surface area contributed by atoms with Gasteiger partial charge < -0.3 is 9.53 Å². The fourth-order valence-electron chi connectivity index (χ4n) is 0.0655. The van der Waals surface area contributed by atoms with Gasteiger partial charge in [0.2, 0.25) is 5.24 Å². The molecule has 0 aromatic rings. The summed E-state index contributed by atoms with van der Waals surface area (Å²) >= 11 is 4.71. The van der Waals surface area contributed by atoms with Gasteiger partial charge in [0, 0.05) is 13.7 Å². The lowest BCUT2D eigenvalue weighted by Crippen LogP contribution is -1.83. The van der Waals surface area contributed by atoms with Crippen molar-refractivity contribution in [3.05, 3.63) is 0 Å². The van der Waals surface area contributed by atoms with Crippen LogP contribution < -0.4 is 0 Å². The first-order valence-electron chi connectivity index (χ1n) is 2.79. The molecule has 0 rings (SSSR count). The maximum atomic E-state index is 9.58. The Hall–Kier alpha value is -0.410. The van der Waals surface area contributed by atoms with E-state index >= 15 is 0 Å². The zero-order valence-corrected chi connectivity index (χ0v) is 6.85. The lowest BCUT2D eigenvalue weighted by atomic mass is 10.5. The Morgan fingerprint density at radius 3 is 2.10 bits per heavy atom. The van der Waals surface area contributed by atoms with Crippen LogP contribution in [0.5, 0.6) is 0 Å². The number of ether oxygens (including phenoxy) is 1. The molecule has 0 fully saturated rings. The van der Waals surface area contributed by atoms with E-state index in [1.807, 2.05) is 6.92 Å². The van der Waals surface area contributed by atoms with Gasteiger partial charge in [0.05, 0.1) is 6.42 Å².